The molecule has 2 aliphatic heterocycles. The quantitative estimate of drug-likeness (QED) is 0.573. The van der Waals surface area contributed by atoms with Crippen LogP contribution in [-0.4, -0.2) is 0 Å². The maximum absolute atomic E-state index is 6.58. The average molecular weight is 333 g/mol. The van der Waals surface area contributed by atoms with Crippen LogP contribution in [0.2, 0.25) is 5.02 Å². The Labute approximate surface area is 142 Å². The van der Waals surface area contributed by atoms with Crippen LogP contribution in [0, 0.1) is 0 Å². The van der Waals surface area contributed by atoms with Crippen molar-refractivity contribution >= 4 is 41.5 Å². The van der Waals surface area contributed by atoms with Crippen LogP contribution in [0.1, 0.15) is 22.6 Å². The van der Waals surface area contributed by atoms with Gasteiger partial charge < -0.3 is 0 Å². The molecule has 3 aromatic rings. The summed E-state index contributed by atoms with van der Waals surface area (Å²) in [4.78, 5) is 0. The molecule has 0 N–H and O–H groups in total. The smallest absolute Gasteiger partial charge is 0.0453 e. The number of benzene rings is 3. The van der Waals surface area contributed by atoms with Crippen LogP contribution in [0.4, 0.5) is 0 Å². The van der Waals surface area contributed by atoms with Gasteiger partial charge in [-0.15, -0.1) is 0 Å². The fourth-order valence-electron chi connectivity index (χ4n) is 3.69. The van der Waals surface area contributed by atoms with E-state index in [1.165, 1.54) is 32.6 Å². The first-order chi connectivity index (χ1) is 11.3. The van der Waals surface area contributed by atoms with Gasteiger partial charge in [-0.3, -0.25) is 0 Å². The van der Waals surface area contributed by atoms with Crippen molar-refractivity contribution in [1.29, 1.82) is 0 Å². The molecule has 2 heterocycles. The molecule has 0 fully saturated rings. The van der Waals surface area contributed by atoms with E-state index in [4.69, 9.17) is 11.6 Å². The Morgan fingerprint density at radius 3 is 2.30 bits per heavy atom. The van der Waals surface area contributed by atoms with Gasteiger partial charge in [-0.05, 0) is 46.6 Å². The maximum Gasteiger partial charge on any atom is 0.0453 e. The molecule has 0 saturated heterocycles. The highest BCUT2D eigenvalue weighted by atomic mass is 35.5. The van der Waals surface area contributed by atoms with Gasteiger partial charge in [-0.25, -0.2) is 0 Å². The summed E-state index contributed by atoms with van der Waals surface area (Å²) in [5, 5.41) is 5.09. The second kappa shape index (κ2) is 5.06. The minimum Gasteiger partial charge on any atom is -0.0840 e. The van der Waals surface area contributed by atoms with E-state index < -0.39 is 7.92 Å². The van der Waals surface area contributed by atoms with Crippen LogP contribution in [-0.2, 0) is 0 Å². The molecular weight excluding hydrogens is 319 g/mol. The summed E-state index contributed by atoms with van der Waals surface area (Å²) in [6.45, 7) is 0. The minimum atomic E-state index is -0.551. The third kappa shape index (κ3) is 1.96. The largest absolute Gasteiger partial charge is 0.0840 e. The predicted molar refractivity (Wildman–Crippen MR) is 101 cm³/mol. The summed E-state index contributed by atoms with van der Waals surface area (Å²) in [6, 6.07) is 24.3. The topological polar surface area (TPSA) is 0 Å². The molecule has 0 radical (unpaired) electrons. The van der Waals surface area contributed by atoms with Gasteiger partial charge in [0, 0.05) is 10.9 Å². The molecule has 0 saturated carbocycles. The monoisotopic (exact) mass is 332 g/mol. The fourth-order valence-corrected chi connectivity index (χ4v) is 6.40. The van der Waals surface area contributed by atoms with Crippen LogP contribution in [0.5, 0.6) is 0 Å². The zero-order valence-electron chi connectivity index (χ0n) is 12.4. The van der Waals surface area contributed by atoms with Crippen molar-refractivity contribution in [3.05, 3.63) is 94.5 Å². The standard InChI is InChI=1S/C21H14ClP/c22-19-12-13-20-18-11-10-17(21(18)19)14-6-8-16(9-7-14)23(20)15-4-2-1-3-5-15/h1-13,17H. The predicted octanol–water partition coefficient (Wildman–Crippen LogP) is 4.57. The molecule has 1 aliphatic carbocycles. The van der Waals surface area contributed by atoms with E-state index in [0.29, 0.717) is 0 Å². The molecule has 6 rings (SSSR count). The lowest BCUT2D eigenvalue weighted by Gasteiger charge is -2.21. The minimum absolute atomic E-state index is 0.289. The van der Waals surface area contributed by atoms with Gasteiger partial charge in [-0.2, -0.15) is 0 Å². The van der Waals surface area contributed by atoms with Crippen LogP contribution < -0.4 is 15.9 Å². The normalized spacial score (nSPS) is 20.2. The van der Waals surface area contributed by atoms with Gasteiger partial charge in [-0.1, -0.05) is 84.4 Å². The highest BCUT2D eigenvalue weighted by molar-refractivity contribution is 7.80. The van der Waals surface area contributed by atoms with Crippen molar-refractivity contribution in [3.8, 4) is 0 Å². The summed E-state index contributed by atoms with van der Waals surface area (Å²) < 4.78 is 0. The maximum atomic E-state index is 6.58. The van der Waals surface area contributed by atoms with Gasteiger partial charge in [0.15, 0.2) is 0 Å². The van der Waals surface area contributed by atoms with Gasteiger partial charge in [0.25, 0.3) is 0 Å². The molecule has 2 heteroatoms. The SMILES string of the molecule is Clc1ccc2c3c1C(C=C3)c1ccc(cc1)P2c1ccccc1. The van der Waals surface area contributed by atoms with E-state index in [2.05, 4.69) is 78.9 Å². The average Bonchev–Trinajstić information content (AvgIpc) is 3.06. The van der Waals surface area contributed by atoms with Crippen molar-refractivity contribution in [1.82, 2.24) is 0 Å². The zero-order valence-corrected chi connectivity index (χ0v) is 14.1. The van der Waals surface area contributed by atoms with Crippen molar-refractivity contribution in [2.45, 2.75) is 5.92 Å². The molecule has 0 nitrogen and oxygen atoms in total. The summed E-state index contributed by atoms with van der Waals surface area (Å²) in [5.74, 6) is 0.289. The highest BCUT2D eigenvalue weighted by Gasteiger charge is 2.30. The molecule has 3 aliphatic rings. The Morgan fingerprint density at radius 2 is 1.52 bits per heavy atom. The van der Waals surface area contributed by atoms with E-state index in [0.717, 1.165) is 5.02 Å². The van der Waals surface area contributed by atoms with Crippen molar-refractivity contribution in [2.24, 2.45) is 0 Å². The Hall–Kier alpha value is -1.88. The van der Waals surface area contributed by atoms with Crippen LogP contribution in [0.25, 0.3) is 6.08 Å². The Kier molecular flexibility index (Phi) is 2.98. The molecule has 0 amide bonds. The first kappa shape index (κ1) is 13.5. The first-order valence-electron chi connectivity index (χ1n) is 7.79. The first-order valence-corrected chi connectivity index (χ1v) is 9.50. The van der Waals surface area contributed by atoms with Gasteiger partial charge in [0.1, 0.15) is 0 Å². The number of hydrogen-bond donors (Lipinski definition) is 0. The van der Waals surface area contributed by atoms with E-state index in [9.17, 15) is 0 Å². The van der Waals surface area contributed by atoms with Crippen molar-refractivity contribution < 1.29 is 0 Å². The molecule has 23 heavy (non-hydrogen) atoms. The molecule has 2 atom stereocenters. The molecule has 2 unspecified atom stereocenters. The van der Waals surface area contributed by atoms with Crippen LogP contribution in [0.3, 0.4) is 0 Å². The number of allylic oxidation sites excluding steroid dienone is 1. The summed E-state index contributed by atoms with van der Waals surface area (Å²) in [5.41, 5.74) is 3.94. The van der Waals surface area contributed by atoms with Gasteiger partial charge in [0.05, 0.1) is 0 Å². The third-order valence-electron chi connectivity index (χ3n) is 4.74. The fraction of sp³-hybridized carbons (Fsp3) is 0.0476. The van der Waals surface area contributed by atoms with E-state index in [1.54, 1.807) is 0 Å². The highest BCUT2D eigenvalue weighted by Crippen LogP contribution is 2.45. The lowest BCUT2D eigenvalue weighted by molar-refractivity contribution is 1.05. The zero-order chi connectivity index (χ0) is 15.4. The molecule has 110 valence electrons. The van der Waals surface area contributed by atoms with Gasteiger partial charge in [0.2, 0.25) is 0 Å². The third-order valence-corrected chi connectivity index (χ3v) is 7.57. The molecular formula is C21H14ClP. The van der Waals surface area contributed by atoms with E-state index >= 15 is 0 Å². The lowest BCUT2D eigenvalue weighted by atomic mass is 9.93. The summed E-state index contributed by atoms with van der Waals surface area (Å²) >= 11 is 6.58. The van der Waals surface area contributed by atoms with Crippen molar-refractivity contribution in [2.75, 3.05) is 0 Å². The lowest BCUT2D eigenvalue weighted by Crippen LogP contribution is -2.22. The second-order valence-electron chi connectivity index (χ2n) is 5.99. The molecule has 0 aromatic heterocycles. The molecule has 6 bridgehead atoms. The Morgan fingerprint density at radius 1 is 0.783 bits per heavy atom. The number of fused-ring (bicyclic) bond motifs is 2. The van der Waals surface area contributed by atoms with Gasteiger partial charge >= 0.3 is 0 Å². The van der Waals surface area contributed by atoms with Crippen molar-refractivity contribution in [3.63, 3.8) is 0 Å². The van der Waals surface area contributed by atoms with Crippen LogP contribution >= 0.6 is 19.5 Å². The summed E-state index contributed by atoms with van der Waals surface area (Å²) in [6.07, 6.45) is 4.56. The van der Waals surface area contributed by atoms with E-state index in [1.807, 2.05) is 0 Å². The van der Waals surface area contributed by atoms with E-state index in [-0.39, 0.29) is 5.92 Å². The number of hydrogen-bond acceptors (Lipinski definition) is 0. The van der Waals surface area contributed by atoms with Crippen LogP contribution in [0.15, 0.2) is 72.8 Å². The Balaban J connectivity index is 1.89. The summed E-state index contributed by atoms with van der Waals surface area (Å²) in [7, 11) is -0.551. The molecule has 0 spiro atoms. The Bertz CT molecular complexity index is 926. The molecule has 3 aromatic carbocycles. The second-order valence-corrected chi connectivity index (χ2v) is 8.59. The number of rotatable bonds is 1. The number of halogens is 1.